The molecule has 1 unspecified atom stereocenters. The Bertz CT molecular complexity index is 168. The number of carbonyl (C=O) groups is 2. The van der Waals surface area contributed by atoms with Crippen molar-refractivity contribution in [3.8, 4) is 0 Å². The summed E-state index contributed by atoms with van der Waals surface area (Å²) in [6.45, 7) is 1.87. The zero-order chi connectivity index (χ0) is 9.56. The van der Waals surface area contributed by atoms with Crippen molar-refractivity contribution in [1.29, 1.82) is 0 Å². The Hall–Kier alpha value is -1.06. The molecule has 0 aliphatic rings. The molecule has 0 aromatic heterocycles. The molecule has 0 rings (SSSR count). The van der Waals surface area contributed by atoms with Gasteiger partial charge in [-0.05, 0) is 12.3 Å². The zero-order valence-corrected chi connectivity index (χ0v) is 7.46. The first-order chi connectivity index (χ1) is 5.56. The molecule has 0 aliphatic heterocycles. The van der Waals surface area contributed by atoms with Crippen LogP contribution >= 0.6 is 0 Å². The van der Waals surface area contributed by atoms with E-state index in [0.29, 0.717) is 12.8 Å². The van der Waals surface area contributed by atoms with Gasteiger partial charge in [-0.2, -0.15) is 0 Å². The quantitative estimate of drug-likeness (QED) is 0.640. The first kappa shape index (κ1) is 10.9. The summed E-state index contributed by atoms with van der Waals surface area (Å²) in [5.41, 5.74) is 0. The van der Waals surface area contributed by atoms with E-state index < -0.39 is 5.97 Å². The fourth-order valence-corrected chi connectivity index (χ4v) is 0.890. The van der Waals surface area contributed by atoms with Crippen molar-refractivity contribution in [2.24, 2.45) is 5.92 Å². The lowest BCUT2D eigenvalue weighted by atomic mass is 10.0. The number of carboxylic acids is 1. The number of carboxylic acid groups (broad SMARTS) is 1. The minimum atomic E-state index is -0.807. The molecule has 0 aliphatic carbocycles. The average molecular weight is 173 g/mol. The second-order valence-corrected chi connectivity index (χ2v) is 2.91. The highest BCUT2D eigenvalue weighted by atomic mass is 16.4. The topological polar surface area (TPSA) is 66.4 Å². The standard InChI is InChI=1S/C8H15NO3/c1-6(3-4-8(11)12)5-7(10)9-2/h6H,3-5H2,1-2H3,(H,9,10)(H,11,12). The van der Waals surface area contributed by atoms with Gasteiger partial charge in [-0.25, -0.2) is 0 Å². The van der Waals surface area contributed by atoms with E-state index >= 15 is 0 Å². The number of hydrogen-bond acceptors (Lipinski definition) is 2. The number of rotatable bonds is 5. The van der Waals surface area contributed by atoms with E-state index in [1.165, 1.54) is 0 Å². The van der Waals surface area contributed by atoms with Crippen LogP contribution in [0.4, 0.5) is 0 Å². The smallest absolute Gasteiger partial charge is 0.303 e. The highest BCUT2D eigenvalue weighted by Crippen LogP contribution is 2.09. The van der Waals surface area contributed by atoms with Crippen molar-refractivity contribution >= 4 is 11.9 Å². The Morgan fingerprint density at radius 3 is 2.50 bits per heavy atom. The molecule has 0 heterocycles. The summed E-state index contributed by atoms with van der Waals surface area (Å²) in [4.78, 5) is 21.0. The van der Waals surface area contributed by atoms with E-state index in [1.54, 1.807) is 7.05 Å². The van der Waals surface area contributed by atoms with Crippen LogP contribution in [-0.4, -0.2) is 24.0 Å². The number of aliphatic carboxylic acids is 1. The van der Waals surface area contributed by atoms with Gasteiger partial charge in [0.05, 0.1) is 0 Å². The van der Waals surface area contributed by atoms with Crippen LogP contribution in [0.2, 0.25) is 0 Å². The van der Waals surface area contributed by atoms with E-state index in [9.17, 15) is 9.59 Å². The maximum atomic E-state index is 10.8. The number of carbonyl (C=O) groups excluding carboxylic acids is 1. The number of amides is 1. The maximum Gasteiger partial charge on any atom is 0.303 e. The highest BCUT2D eigenvalue weighted by molar-refractivity contribution is 5.75. The van der Waals surface area contributed by atoms with E-state index in [1.807, 2.05) is 6.92 Å². The van der Waals surface area contributed by atoms with Crippen LogP contribution in [-0.2, 0) is 9.59 Å². The molecule has 1 amide bonds. The zero-order valence-electron chi connectivity index (χ0n) is 7.46. The van der Waals surface area contributed by atoms with Crippen LogP contribution in [0, 0.1) is 5.92 Å². The molecule has 2 N–H and O–H groups in total. The van der Waals surface area contributed by atoms with Gasteiger partial charge < -0.3 is 10.4 Å². The fourth-order valence-electron chi connectivity index (χ4n) is 0.890. The van der Waals surface area contributed by atoms with E-state index in [2.05, 4.69) is 5.32 Å². The second-order valence-electron chi connectivity index (χ2n) is 2.91. The molecule has 0 aromatic rings. The molecular weight excluding hydrogens is 158 g/mol. The van der Waals surface area contributed by atoms with E-state index in [4.69, 9.17) is 5.11 Å². The van der Waals surface area contributed by atoms with Gasteiger partial charge in [0.25, 0.3) is 0 Å². The minimum Gasteiger partial charge on any atom is -0.481 e. The van der Waals surface area contributed by atoms with Crippen LogP contribution in [0.5, 0.6) is 0 Å². The maximum absolute atomic E-state index is 10.8. The van der Waals surface area contributed by atoms with Gasteiger partial charge in [-0.3, -0.25) is 9.59 Å². The van der Waals surface area contributed by atoms with Crippen molar-refractivity contribution in [1.82, 2.24) is 5.32 Å². The summed E-state index contributed by atoms with van der Waals surface area (Å²) in [6, 6.07) is 0. The molecular formula is C8H15NO3. The van der Waals surface area contributed by atoms with Crippen molar-refractivity contribution in [2.75, 3.05) is 7.05 Å². The van der Waals surface area contributed by atoms with Gasteiger partial charge in [-0.1, -0.05) is 6.92 Å². The third-order valence-corrected chi connectivity index (χ3v) is 1.66. The molecule has 0 saturated carbocycles. The Morgan fingerprint density at radius 1 is 1.50 bits per heavy atom. The van der Waals surface area contributed by atoms with Crippen LogP contribution < -0.4 is 5.32 Å². The molecule has 0 saturated heterocycles. The normalized spacial score (nSPS) is 12.2. The second kappa shape index (κ2) is 5.57. The van der Waals surface area contributed by atoms with Crippen molar-refractivity contribution in [2.45, 2.75) is 26.2 Å². The summed E-state index contributed by atoms with van der Waals surface area (Å²) in [5.74, 6) is -0.701. The lowest BCUT2D eigenvalue weighted by Crippen LogP contribution is -2.20. The predicted molar refractivity (Wildman–Crippen MR) is 44.7 cm³/mol. The number of hydrogen-bond donors (Lipinski definition) is 2. The van der Waals surface area contributed by atoms with Crippen LogP contribution in [0.25, 0.3) is 0 Å². The molecule has 70 valence electrons. The fraction of sp³-hybridized carbons (Fsp3) is 0.750. The Labute approximate surface area is 72.0 Å². The van der Waals surface area contributed by atoms with Gasteiger partial charge >= 0.3 is 5.97 Å². The lowest BCUT2D eigenvalue weighted by Gasteiger charge is -2.07. The summed E-state index contributed by atoms with van der Waals surface area (Å²) in [5, 5.41) is 10.9. The summed E-state index contributed by atoms with van der Waals surface area (Å²) in [6.07, 6.45) is 1.10. The third kappa shape index (κ3) is 5.70. The average Bonchev–Trinajstić information content (AvgIpc) is 2.00. The van der Waals surface area contributed by atoms with Crippen molar-refractivity contribution in [3.05, 3.63) is 0 Å². The molecule has 12 heavy (non-hydrogen) atoms. The monoisotopic (exact) mass is 173 g/mol. The van der Waals surface area contributed by atoms with Gasteiger partial charge in [0.1, 0.15) is 0 Å². The Kier molecular flexibility index (Phi) is 5.08. The first-order valence-corrected chi connectivity index (χ1v) is 3.98. The van der Waals surface area contributed by atoms with Gasteiger partial charge in [0, 0.05) is 19.9 Å². The summed E-state index contributed by atoms with van der Waals surface area (Å²) >= 11 is 0. The molecule has 0 radical (unpaired) electrons. The minimum absolute atomic E-state index is 0.0344. The van der Waals surface area contributed by atoms with E-state index in [0.717, 1.165) is 0 Å². The molecule has 4 heteroatoms. The molecule has 0 fully saturated rings. The van der Waals surface area contributed by atoms with Crippen LogP contribution in [0.3, 0.4) is 0 Å². The predicted octanol–water partition coefficient (Wildman–Crippen LogP) is 0.623. The van der Waals surface area contributed by atoms with Crippen LogP contribution in [0.15, 0.2) is 0 Å². The van der Waals surface area contributed by atoms with Crippen molar-refractivity contribution in [3.63, 3.8) is 0 Å². The molecule has 0 aromatic carbocycles. The van der Waals surface area contributed by atoms with Gasteiger partial charge in [0.15, 0.2) is 0 Å². The number of nitrogens with one attached hydrogen (secondary N) is 1. The van der Waals surface area contributed by atoms with Gasteiger partial charge in [-0.15, -0.1) is 0 Å². The van der Waals surface area contributed by atoms with E-state index in [-0.39, 0.29) is 18.2 Å². The Morgan fingerprint density at radius 2 is 2.08 bits per heavy atom. The molecule has 1 atom stereocenters. The SMILES string of the molecule is CNC(=O)CC(C)CCC(=O)O. The molecule has 4 nitrogen and oxygen atoms in total. The van der Waals surface area contributed by atoms with Crippen molar-refractivity contribution < 1.29 is 14.7 Å². The molecule has 0 spiro atoms. The van der Waals surface area contributed by atoms with Crippen LogP contribution in [0.1, 0.15) is 26.2 Å². The lowest BCUT2D eigenvalue weighted by molar-refractivity contribution is -0.137. The summed E-state index contributed by atoms with van der Waals surface area (Å²) < 4.78 is 0. The Balaban J connectivity index is 3.52. The largest absolute Gasteiger partial charge is 0.481 e. The highest BCUT2D eigenvalue weighted by Gasteiger charge is 2.08. The third-order valence-electron chi connectivity index (χ3n) is 1.66. The molecule has 0 bridgehead atoms. The first-order valence-electron chi connectivity index (χ1n) is 3.98. The summed E-state index contributed by atoms with van der Waals surface area (Å²) in [7, 11) is 1.58. The van der Waals surface area contributed by atoms with Gasteiger partial charge in [0.2, 0.25) is 5.91 Å².